The van der Waals surface area contributed by atoms with E-state index in [0.717, 1.165) is 0 Å². The molecule has 0 radical (unpaired) electrons. The summed E-state index contributed by atoms with van der Waals surface area (Å²) in [6.45, 7) is 3.95. The Morgan fingerprint density at radius 1 is 1.07 bits per heavy atom. The minimum atomic E-state index is -4.51. The van der Waals surface area contributed by atoms with Crippen molar-refractivity contribution in [3.8, 4) is 11.3 Å². The Hall–Kier alpha value is -2.84. The fraction of sp³-hybridized carbons (Fsp3) is 0.286. The van der Waals surface area contributed by atoms with Gasteiger partial charge in [0.05, 0.1) is 24.4 Å². The topological polar surface area (TPSA) is 94.8 Å². The molecule has 1 unspecified atom stereocenters. The lowest BCUT2D eigenvalue weighted by atomic mass is 10.1. The molecule has 0 amide bonds. The van der Waals surface area contributed by atoms with Gasteiger partial charge in [0.1, 0.15) is 11.0 Å². The summed E-state index contributed by atoms with van der Waals surface area (Å²) in [6, 6.07) is 15.9. The maximum Gasteiger partial charge on any atom is 0.508 e. The molecular formula is C21H23NO6S. The number of fused-ring (bicyclic) bond motifs is 1. The van der Waals surface area contributed by atoms with Gasteiger partial charge in [-0.25, -0.2) is 4.79 Å². The molecule has 0 bridgehead atoms. The van der Waals surface area contributed by atoms with E-state index < -0.39 is 22.4 Å². The van der Waals surface area contributed by atoms with Gasteiger partial charge in [-0.1, -0.05) is 55.5 Å². The average Bonchev–Trinajstić information content (AvgIpc) is 3.03. The summed E-state index contributed by atoms with van der Waals surface area (Å²) in [7, 11) is -4.51. The van der Waals surface area contributed by atoms with Gasteiger partial charge in [0.15, 0.2) is 0 Å². The van der Waals surface area contributed by atoms with E-state index in [-0.39, 0.29) is 18.0 Å². The minimum Gasteiger partial charge on any atom is -0.435 e. The van der Waals surface area contributed by atoms with E-state index in [1.54, 1.807) is 60.0 Å². The van der Waals surface area contributed by atoms with E-state index in [1.807, 2.05) is 13.0 Å². The Kier molecular flexibility index (Phi) is 6.24. The first-order chi connectivity index (χ1) is 13.9. The van der Waals surface area contributed by atoms with Crippen LogP contribution in [-0.2, 0) is 26.1 Å². The molecule has 1 aromatic heterocycles. The standard InChI is InChI=1S/C21H23NO6S/c1-3-16(28-21(23)27-4-2)14-22-18-13-9-8-12-17(18)20(29(24,25)26)19(22)15-10-6-5-7-11-15/h5-13,16H,3-4,14H2,1-2H3,(H,24,25,26). The molecule has 0 aliphatic rings. The van der Waals surface area contributed by atoms with Gasteiger partial charge in [-0.05, 0) is 25.0 Å². The van der Waals surface area contributed by atoms with Crippen molar-refractivity contribution in [1.82, 2.24) is 4.57 Å². The van der Waals surface area contributed by atoms with Crippen LogP contribution in [0.4, 0.5) is 4.79 Å². The highest BCUT2D eigenvalue weighted by Crippen LogP contribution is 2.37. The predicted molar refractivity (Wildman–Crippen MR) is 109 cm³/mol. The van der Waals surface area contributed by atoms with Gasteiger partial charge in [0, 0.05) is 5.39 Å². The smallest absolute Gasteiger partial charge is 0.435 e. The van der Waals surface area contributed by atoms with Crippen molar-refractivity contribution >= 4 is 27.2 Å². The zero-order chi connectivity index (χ0) is 21.0. The minimum absolute atomic E-state index is 0.162. The number of nitrogens with zero attached hydrogens (tertiary/aromatic N) is 1. The number of carbonyl (C=O) groups is 1. The van der Waals surface area contributed by atoms with Gasteiger partial charge in [-0.15, -0.1) is 0 Å². The summed E-state index contributed by atoms with van der Waals surface area (Å²) in [5.41, 5.74) is 1.59. The summed E-state index contributed by atoms with van der Waals surface area (Å²) in [6.07, 6.45) is -0.811. The Balaban J connectivity index is 2.21. The fourth-order valence-electron chi connectivity index (χ4n) is 3.35. The molecule has 0 fully saturated rings. The second-order valence-electron chi connectivity index (χ2n) is 6.48. The number of rotatable bonds is 7. The lowest BCUT2D eigenvalue weighted by molar-refractivity contribution is 0.0198. The molecule has 29 heavy (non-hydrogen) atoms. The third-order valence-electron chi connectivity index (χ3n) is 4.60. The van der Waals surface area contributed by atoms with Crippen LogP contribution in [0.15, 0.2) is 59.5 Å². The number of ether oxygens (including phenoxy) is 2. The summed E-state index contributed by atoms with van der Waals surface area (Å²) in [5, 5.41) is 0.403. The largest absolute Gasteiger partial charge is 0.508 e. The fourth-order valence-corrected chi connectivity index (χ4v) is 4.27. The predicted octanol–water partition coefficient (Wildman–Crippen LogP) is 4.51. The van der Waals surface area contributed by atoms with Crippen LogP contribution in [0.3, 0.4) is 0 Å². The van der Waals surface area contributed by atoms with Gasteiger partial charge in [-0.3, -0.25) is 4.55 Å². The molecule has 1 N–H and O–H groups in total. The van der Waals surface area contributed by atoms with Crippen LogP contribution in [0.2, 0.25) is 0 Å². The van der Waals surface area contributed by atoms with E-state index in [2.05, 4.69) is 0 Å². The van der Waals surface area contributed by atoms with E-state index >= 15 is 0 Å². The molecule has 8 heteroatoms. The highest BCUT2D eigenvalue weighted by molar-refractivity contribution is 7.86. The van der Waals surface area contributed by atoms with Gasteiger partial charge >= 0.3 is 6.16 Å². The molecule has 1 heterocycles. The Labute approximate surface area is 169 Å². The van der Waals surface area contributed by atoms with E-state index in [0.29, 0.717) is 28.6 Å². The van der Waals surface area contributed by atoms with Crippen molar-refractivity contribution in [3.63, 3.8) is 0 Å². The van der Waals surface area contributed by atoms with Crippen LogP contribution < -0.4 is 0 Å². The maximum absolute atomic E-state index is 12.3. The molecule has 3 aromatic rings. The summed E-state index contributed by atoms with van der Waals surface area (Å²) >= 11 is 0. The molecule has 0 aliphatic carbocycles. The van der Waals surface area contributed by atoms with Crippen LogP contribution >= 0.6 is 0 Å². The molecule has 0 aliphatic heterocycles. The third-order valence-corrected chi connectivity index (χ3v) is 5.53. The highest BCUT2D eigenvalue weighted by Gasteiger charge is 2.28. The van der Waals surface area contributed by atoms with Crippen molar-refractivity contribution in [2.75, 3.05) is 6.61 Å². The number of hydrogen-bond donors (Lipinski definition) is 1. The summed E-state index contributed by atoms with van der Waals surface area (Å²) in [4.78, 5) is 11.6. The number of aromatic nitrogens is 1. The highest BCUT2D eigenvalue weighted by atomic mass is 32.2. The first-order valence-corrected chi connectivity index (χ1v) is 10.8. The molecule has 154 valence electrons. The van der Waals surface area contributed by atoms with E-state index in [4.69, 9.17) is 9.47 Å². The molecule has 0 spiro atoms. The Bertz CT molecular complexity index is 1100. The van der Waals surface area contributed by atoms with Crippen molar-refractivity contribution < 1.29 is 27.2 Å². The van der Waals surface area contributed by atoms with Crippen molar-refractivity contribution in [2.24, 2.45) is 0 Å². The average molecular weight is 417 g/mol. The Morgan fingerprint density at radius 3 is 2.34 bits per heavy atom. The molecular weight excluding hydrogens is 394 g/mol. The lowest BCUT2D eigenvalue weighted by Crippen LogP contribution is -2.24. The van der Waals surface area contributed by atoms with Gasteiger partial charge < -0.3 is 14.0 Å². The second-order valence-corrected chi connectivity index (χ2v) is 7.84. The van der Waals surface area contributed by atoms with Gasteiger partial charge in [0.25, 0.3) is 10.1 Å². The monoisotopic (exact) mass is 417 g/mol. The quantitative estimate of drug-likeness (QED) is 0.449. The van der Waals surface area contributed by atoms with Crippen molar-refractivity contribution in [1.29, 1.82) is 0 Å². The summed E-state index contributed by atoms with van der Waals surface area (Å²) in [5.74, 6) is 0. The first-order valence-electron chi connectivity index (χ1n) is 9.34. The zero-order valence-electron chi connectivity index (χ0n) is 16.2. The zero-order valence-corrected chi connectivity index (χ0v) is 17.1. The van der Waals surface area contributed by atoms with Gasteiger partial charge in [0.2, 0.25) is 0 Å². The number of carbonyl (C=O) groups excluding carboxylic acids is 1. The van der Waals surface area contributed by atoms with Gasteiger partial charge in [-0.2, -0.15) is 8.42 Å². The van der Waals surface area contributed by atoms with E-state index in [1.165, 1.54) is 0 Å². The molecule has 0 saturated heterocycles. The molecule has 1 atom stereocenters. The van der Waals surface area contributed by atoms with Crippen LogP contribution in [0, 0.1) is 0 Å². The second kappa shape index (κ2) is 8.67. The maximum atomic E-state index is 12.3. The van der Waals surface area contributed by atoms with Crippen LogP contribution in [0.5, 0.6) is 0 Å². The van der Waals surface area contributed by atoms with Crippen molar-refractivity contribution in [3.05, 3.63) is 54.6 Å². The van der Waals surface area contributed by atoms with Crippen LogP contribution in [0.25, 0.3) is 22.2 Å². The molecule has 0 saturated carbocycles. The lowest BCUT2D eigenvalue weighted by Gasteiger charge is -2.19. The number of benzene rings is 2. The van der Waals surface area contributed by atoms with Crippen molar-refractivity contribution in [2.45, 2.75) is 37.8 Å². The molecule has 2 aromatic carbocycles. The summed E-state index contributed by atoms with van der Waals surface area (Å²) < 4.78 is 46.6. The first kappa shape index (κ1) is 20.9. The van der Waals surface area contributed by atoms with E-state index in [9.17, 15) is 17.8 Å². The normalized spacial score (nSPS) is 12.7. The number of hydrogen-bond acceptors (Lipinski definition) is 5. The third kappa shape index (κ3) is 4.44. The Morgan fingerprint density at radius 2 is 1.72 bits per heavy atom. The number of para-hydroxylation sites is 1. The molecule has 3 rings (SSSR count). The van der Waals surface area contributed by atoms with Crippen LogP contribution in [0.1, 0.15) is 20.3 Å². The van der Waals surface area contributed by atoms with Crippen LogP contribution in [-0.4, -0.2) is 36.4 Å². The SMILES string of the molecule is CCOC(=O)OC(CC)Cn1c(-c2ccccc2)c(S(=O)(=O)O)c2ccccc21. The molecule has 7 nitrogen and oxygen atoms in total.